The summed E-state index contributed by atoms with van der Waals surface area (Å²) in [7, 11) is 0. The third-order valence-corrected chi connectivity index (χ3v) is 1.81. The normalized spacial score (nSPS) is 9.75. The molecule has 0 radical (unpaired) electrons. The lowest BCUT2D eigenvalue weighted by Gasteiger charge is -1.80. The minimum atomic E-state index is -0.824. The zero-order valence-corrected chi connectivity index (χ0v) is 7.55. The average molecular weight is 284 g/mol. The molecule has 0 aliphatic carbocycles. The molecule has 1 aromatic heterocycles. The summed E-state index contributed by atoms with van der Waals surface area (Å²) in [5.74, 6) is -0.619. The van der Waals surface area contributed by atoms with Gasteiger partial charge in [-0.05, 0) is 0 Å². The van der Waals surface area contributed by atoms with E-state index in [0.717, 1.165) is 6.07 Å². The van der Waals surface area contributed by atoms with Crippen LogP contribution in [0.25, 0.3) is 0 Å². The predicted octanol–water partition coefficient (Wildman–Crippen LogP) is 1.70. The van der Waals surface area contributed by atoms with E-state index in [9.17, 15) is 20.2 Å². The Kier molecular flexibility index (Phi) is 2.26. The van der Waals surface area contributed by atoms with E-state index in [2.05, 4.69) is 4.42 Å². The summed E-state index contributed by atoms with van der Waals surface area (Å²) in [6.45, 7) is 0. The van der Waals surface area contributed by atoms with Crippen molar-refractivity contribution in [3.8, 4) is 0 Å². The highest BCUT2D eigenvalue weighted by Crippen LogP contribution is 2.28. The highest BCUT2D eigenvalue weighted by atomic mass is 127. The fourth-order valence-corrected chi connectivity index (χ4v) is 1.14. The van der Waals surface area contributed by atoms with Gasteiger partial charge in [-0.2, -0.15) is 0 Å². The number of hydrogen-bond acceptors (Lipinski definition) is 5. The summed E-state index contributed by atoms with van der Waals surface area (Å²) in [6, 6.07) is 0.780. The molecular weight excluding hydrogens is 283 g/mol. The van der Waals surface area contributed by atoms with Crippen molar-refractivity contribution in [3.63, 3.8) is 0 Å². The van der Waals surface area contributed by atoms with E-state index in [-0.39, 0.29) is 9.45 Å². The Morgan fingerprint density at radius 3 is 2.17 bits per heavy atom. The van der Waals surface area contributed by atoms with E-state index < -0.39 is 15.7 Å². The molecule has 0 aliphatic rings. The maximum Gasteiger partial charge on any atom is 0.441 e. The minimum absolute atomic E-state index is 0.0932. The number of nitro groups is 2. The molecule has 0 atom stereocenters. The van der Waals surface area contributed by atoms with E-state index in [1.165, 1.54) is 22.6 Å². The molecule has 1 aromatic rings. The number of hydrogen-bond donors (Lipinski definition) is 0. The van der Waals surface area contributed by atoms with Gasteiger partial charge in [0.1, 0.15) is 11.0 Å². The van der Waals surface area contributed by atoms with Crippen LogP contribution in [0.1, 0.15) is 0 Å². The average Bonchev–Trinajstić information content (AvgIpc) is 2.30. The topological polar surface area (TPSA) is 99.4 Å². The lowest BCUT2D eigenvalue weighted by atomic mass is 10.5. The number of nitrogens with zero attached hydrogens (tertiary/aromatic N) is 2. The van der Waals surface area contributed by atoms with Gasteiger partial charge in [0.2, 0.25) is 3.77 Å². The van der Waals surface area contributed by atoms with Crippen molar-refractivity contribution in [2.24, 2.45) is 0 Å². The van der Waals surface area contributed by atoms with Gasteiger partial charge in [0.05, 0.1) is 4.92 Å². The lowest BCUT2D eigenvalue weighted by molar-refractivity contribution is -0.403. The molecule has 0 spiro atoms. The molecule has 1 heterocycles. The van der Waals surface area contributed by atoms with Gasteiger partial charge >= 0.3 is 11.6 Å². The Bertz CT molecular complexity index is 345. The summed E-state index contributed by atoms with van der Waals surface area (Å²) in [5, 5.41) is 20.3. The standard InChI is InChI=1S/C4HIN2O5/c5-4-2(6(8)9)1-3(12-4)7(10)11/h1H. The first-order valence-corrected chi connectivity index (χ1v) is 3.68. The lowest BCUT2D eigenvalue weighted by Crippen LogP contribution is -1.86. The molecule has 7 nitrogen and oxygen atoms in total. The third kappa shape index (κ3) is 1.52. The first-order chi connectivity index (χ1) is 5.52. The Balaban J connectivity index is 3.17. The fourth-order valence-electron chi connectivity index (χ4n) is 0.562. The molecule has 0 aliphatic heterocycles. The molecular formula is C4HIN2O5. The SMILES string of the molecule is O=[N+]([O-])c1cc([N+](=O)[O-])c(I)o1. The van der Waals surface area contributed by atoms with Crippen LogP contribution in [-0.4, -0.2) is 9.85 Å². The molecule has 8 heteroatoms. The number of furan rings is 1. The van der Waals surface area contributed by atoms with Crippen LogP contribution in [0.15, 0.2) is 10.5 Å². The summed E-state index contributed by atoms with van der Waals surface area (Å²) < 4.78 is 4.39. The zero-order valence-electron chi connectivity index (χ0n) is 5.39. The van der Waals surface area contributed by atoms with Crippen LogP contribution in [0.2, 0.25) is 0 Å². The fraction of sp³-hybridized carbons (Fsp3) is 0. The van der Waals surface area contributed by atoms with Crippen LogP contribution in [0.5, 0.6) is 0 Å². The predicted molar refractivity (Wildman–Crippen MR) is 44.7 cm³/mol. The molecule has 12 heavy (non-hydrogen) atoms. The van der Waals surface area contributed by atoms with E-state index >= 15 is 0 Å². The van der Waals surface area contributed by atoms with E-state index in [1.807, 2.05) is 0 Å². The maximum absolute atomic E-state index is 10.2. The van der Waals surface area contributed by atoms with Crippen molar-refractivity contribution in [1.82, 2.24) is 0 Å². The van der Waals surface area contributed by atoms with Gasteiger partial charge in [-0.15, -0.1) is 0 Å². The summed E-state index contributed by atoms with van der Waals surface area (Å²) in [5.41, 5.74) is -0.387. The van der Waals surface area contributed by atoms with Crippen molar-refractivity contribution in [2.75, 3.05) is 0 Å². The molecule has 64 valence electrons. The largest absolute Gasteiger partial charge is 0.441 e. The van der Waals surface area contributed by atoms with Gasteiger partial charge in [0.15, 0.2) is 0 Å². The Morgan fingerprint density at radius 2 is 1.92 bits per heavy atom. The van der Waals surface area contributed by atoms with Gasteiger partial charge in [-0.3, -0.25) is 20.2 Å². The molecule has 0 amide bonds. The summed E-state index contributed by atoms with van der Waals surface area (Å²) in [4.78, 5) is 18.7. The van der Waals surface area contributed by atoms with Gasteiger partial charge < -0.3 is 4.42 Å². The molecule has 0 N–H and O–H groups in total. The van der Waals surface area contributed by atoms with Crippen LogP contribution in [0.3, 0.4) is 0 Å². The van der Waals surface area contributed by atoms with Crippen molar-refractivity contribution in [1.29, 1.82) is 0 Å². The summed E-state index contributed by atoms with van der Waals surface area (Å²) in [6.07, 6.45) is 0. The third-order valence-electron chi connectivity index (χ3n) is 1.03. The van der Waals surface area contributed by atoms with E-state index in [0.29, 0.717) is 0 Å². The van der Waals surface area contributed by atoms with Crippen molar-refractivity contribution >= 4 is 34.2 Å². The van der Waals surface area contributed by atoms with Gasteiger partial charge in [-0.25, -0.2) is 0 Å². The zero-order chi connectivity index (χ0) is 9.30. The van der Waals surface area contributed by atoms with Gasteiger partial charge in [0, 0.05) is 22.6 Å². The molecule has 0 saturated heterocycles. The second-order valence-corrected chi connectivity index (χ2v) is 2.74. The van der Waals surface area contributed by atoms with Crippen LogP contribution < -0.4 is 0 Å². The minimum Gasteiger partial charge on any atom is -0.387 e. The molecule has 0 bridgehead atoms. The first-order valence-electron chi connectivity index (χ1n) is 2.60. The van der Waals surface area contributed by atoms with Crippen LogP contribution in [0.4, 0.5) is 11.6 Å². The highest BCUT2D eigenvalue weighted by molar-refractivity contribution is 14.1. The smallest absolute Gasteiger partial charge is 0.387 e. The van der Waals surface area contributed by atoms with Crippen LogP contribution in [0, 0.1) is 24.0 Å². The molecule has 0 aromatic carbocycles. The Hall–Kier alpha value is -1.19. The van der Waals surface area contributed by atoms with Crippen molar-refractivity contribution < 1.29 is 14.3 Å². The second kappa shape index (κ2) is 3.05. The maximum atomic E-state index is 10.2. The van der Waals surface area contributed by atoms with Crippen LogP contribution >= 0.6 is 22.6 Å². The molecule has 0 unspecified atom stereocenters. The van der Waals surface area contributed by atoms with Crippen molar-refractivity contribution in [2.45, 2.75) is 0 Å². The quantitative estimate of drug-likeness (QED) is 0.467. The number of rotatable bonds is 2. The van der Waals surface area contributed by atoms with Crippen LogP contribution in [-0.2, 0) is 0 Å². The van der Waals surface area contributed by atoms with Gasteiger partial charge in [0.25, 0.3) is 0 Å². The summed E-state index contributed by atoms with van der Waals surface area (Å²) >= 11 is 1.52. The van der Waals surface area contributed by atoms with E-state index in [4.69, 9.17) is 0 Å². The van der Waals surface area contributed by atoms with Gasteiger partial charge in [-0.1, -0.05) is 0 Å². The Labute approximate surface area is 78.8 Å². The molecule has 0 fully saturated rings. The number of halogens is 1. The monoisotopic (exact) mass is 284 g/mol. The molecule has 1 rings (SSSR count). The first kappa shape index (κ1) is 8.90. The van der Waals surface area contributed by atoms with Crippen molar-refractivity contribution in [3.05, 3.63) is 30.1 Å². The highest BCUT2D eigenvalue weighted by Gasteiger charge is 2.24. The second-order valence-electron chi connectivity index (χ2n) is 1.76. The van der Waals surface area contributed by atoms with E-state index in [1.54, 1.807) is 0 Å². The Morgan fingerprint density at radius 1 is 1.33 bits per heavy atom. The molecule has 0 saturated carbocycles.